The molecule has 1 aromatic rings. The molecule has 4 nitrogen and oxygen atoms in total. The number of hydrogen-bond acceptors (Lipinski definition) is 4. The van der Waals surface area contributed by atoms with E-state index in [0.717, 1.165) is 18.0 Å². The zero-order chi connectivity index (χ0) is 13.7. The Morgan fingerprint density at radius 2 is 1.95 bits per heavy atom. The first-order valence-corrected chi connectivity index (χ1v) is 6.90. The second kappa shape index (κ2) is 6.78. The number of nitrogens with one attached hydrogen (secondary N) is 1. The van der Waals surface area contributed by atoms with Crippen LogP contribution in [0, 0.1) is 0 Å². The number of hydrogen-bond donors (Lipinski definition) is 1. The first-order valence-electron chi connectivity index (χ1n) is 6.90. The number of likely N-dealkylation sites (tertiary alicyclic amines) is 1. The van der Waals surface area contributed by atoms with Gasteiger partial charge in [0.05, 0.1) is 14.2 Å². The highest BCUT2D eigenvalue weighted by atomic mass is 16.5. The van der Waals surface area contributed by atoms with Crippen LogP contribution >= 0.6 is 0 Å². The monoisotopic (exact) mass is 264 g/mol. The quantitative estimate of drug-likeness (QED) is 0.853. The third-order valence-corrected chi connectivity index (χ3v) is 3.80. The van der Waals surface area contributed by atoms with E-state index in [1.54, 1.807) is 14.2 Å². The Balaban J connectivity index is 2.16. The Kier molecular flexibility index (Phi) is 5.05. The van der Waals surface area contributed by atoms with Crippen molar-refractivity contribution in [1.29, 1.82) is 0 Å². The van der Waals surface area contributed by atoms with Gasteiger partial charge in [0, 0.05) is 24.2 Å². The van der Waals surface area contributed by atoms with Crippen molar-refractivity contribution in [3.63, 3.8) is 0 Å². The highest BCUT2D eigenvalue weighted by Gasteiger charge is 2.20. The number of benzene rings is 1. The Hall–Kier alpha value is -1.26. The van der Waals surface area contributed by atoms with Crippen LogP contribution in [0.5, 0.6) is 11.5 Å². The van der Waals surface area contributed by atoms with E-state index in [4.69, 9.17) is 9.47 Å². The first kappa shape index (κ1) is 14.2. The standard InChI is InChI=1S/C15H24N2O2/c1-16-14(11-17-8-4-5-9-17)13-7-6-12(18-2)10-15(13)19-3/h6-7,10,14,16H,4-5,8-9,11H2,1-3H3. The van der Waals surface area contributed by atoms with Gasteiger partial charge in [0.2, 0.25) is 0 Å². The third-order valence-electron chi connectivity index (χ3n) is 3.80. The van der Waals surface area contributed by atoms with Crippen LogP contribution in [0.1, 0.15) is 24.4 Å². The Bertz CT molecular complexity index is 403. The van der Waals surface area contributed by atoms with Gasteiger partial charge in [0.1, 0.15) is 11.5 Å². The molecule has 1 heterocycles. The van der Waals surface area contributed by atoms with Crippen LogP contribution in [0.4, 0.5) is 0 Å². The molecule has 106 valence electrons. The van der Waals surface area contributed by atoms with Gasteiger partial charge >= 0.3 is 0 Å². The highest BCUT2D eigenvalue weighted by Crippen LogP contribution is 2.30. The molecule has 1 N–H and O–H groups in total. The molecule has 1 aromatic carbocycles. The topological polar surface area (TPSA) is 33.7 Å². The maximum atomic E-state index is 5.50. The average molecular weight is 264 g/mol. The van der Waals surface area contributed by atoms with E-state index in [1.165, 1.54) is 31.5 Å². The molecule has 0 saturated carbocycles. The molecule has 1 aliphatic heterocycles. The normalized spacial score (nSPS) is 17.4. The van der Waals surface area contributed by atoms with E-state index >= 15 is 0 Å². The predicted octanol–water partition coefficient (Wildman–Crippen LogP) is 2.06. The highest BCUT2D eigenvalue weighted by molar-refractivity contribution is 5.42. The molecule has 4 heteroatoms. The Labute approximate surface area is 115 Å². The minimum atomic E-state index is 0.291. The fourth-order valence-electron chi connectivity index (χ4n) is 2.67. The Morgan fingerprint density at radius 1 is 1.21 bits per heavy atom. The molecule has 1 unspecified atom stereocenters. The fraction of sp³-hybridized carbons (Fsp3) is 0.600. The molecule has 0 aromatic heterocycles. The summed E-state index contributed by atoms with van der Waals surface area (Å²) in [7, 11) is 5.39. The van der Waals surface area contributed by atoms with Crippen LogP contribution in [0.2, 0.25) is 0 Å². The molecule has 0 spiro atoms. The van der Waals surface area contributed by atoms with Gasteiger partial charge in [-0.1, -0.05) is 6.07 Å². The van der Waals surface area contributed by atoms with Gasteiger partial charge in [-0.3, -0.25) is 0 Å². The van der Waals surface area contributed by atoms with Crippen LogP contribution in [-0.2, 0) is 0 Å². The van der Waals surface area contributed by atoms with Crippen molar-refractivity contribution in [2.75, 3.05) is 40.9 Å². The van der Waals surface area contributed by atoms with Crippen molar-refractivity contribution in [3.8, 4) is 11.5 Å². The van der Waals surface area contributed by atoms with Crippen LogP contribution < -0.4 is 14.8 Å². The Morgan fingerprint density at radius 3 is 2.53 bits per heavy atom. The summed E-state index contributed by atoms with van der Waals surface area (Å²) in [6.07, 6.45) is 2.63. The van der Waals surface area contributed by atoms with E-state index in [-0.39, 0.29) is 0 Å². The SMILES string of the molecule is CNC(CN1CCCC1)c1ccc(OC)cc1OC. The van der Waals surface area contributed by atoms with E-state index in [0.29, 0.717) is 6.04 Å². The van der Waals surface area contributed by atoms with Crippen LogP contribution in [0.3, 0.4) is 0 Å². The molecule has 0 bridgehead atoms. The number of likely N-dealkylation sites (N-methyl/N-ethyl adjacent to an activating group) is 1. The molecule has 1 fully saturated rings. The molecular weight excluding hydrogens is 240 g/mol. The maximum absolute atomic E-state index is 5.50. The van der Waals surface area contributed by atoms with Gasteiger partial charge in [-0.2, -0.15) is 0 Å². The smallest absolute Gasteiger partial charge is 0.127 e. The minimum absolute atomic E-state index is 0.291. The average Bonchev–Trinajstić information content (AvgIpc) is 2.97. The fourth-order valence-corrected chi connectivity index (χ4v) is 2.67. The third kappa shape index (κ3) is 3.39. The molecule has 2 rings (SSSR count). The predicted molar refractivity (Wildman–Crippen MR) is 77.0 cm³/mol. The van der Waals surface area contributed by atoms with Gasteiger partial charge in [-0.15, -0.1) is 0 Å². The van der Waals surface area contributed by atoms with E-state index in [1.807, 2.05) is 19.2 Å². The first-order chi connectivity index (χ1) is 9.28. The summed E-state index contributed by atoms with van der Waals surface area (Å²) in [4.78, 5) is 2.50. The largest absolute Gasteiger partial charge is 0.497 e. The van der Waals surface area contributed by atoms with Crippen LogP contribution in [0.25, 0.3) is 0 Å². The molecule has 19 heavy (non-hydrogen) atoms. The van der Waals surface area contributed by atoms with Gasteiger partial charge in [0.15, 0.2) is 0 Å². The molecule has 0 radical (unpaired) electrons. The lowest BCUT2D eigenvalue weighted by Gasteiger charge is -2.25. The lowest BCUT2D eigenvalue weighted by Crippen LogP contribution is -2.32. The van der Waals surface area contributed by atoms with Crippen molar-refractivity contribution < 1.29 is 9.47 Å². The minimum Gasteiger partial charge on any atom is -0.497 e. The summed E-state index contributed by atoms with van der Waals surface area (Å²) in [5.41, 5.74) is 1.19. The van der Waals surface area contributed by atoms with Gasteiger partial charge in [-0.25, -0.2) is 0 Å². The number of rotatable bonds is 6. The molecule has 0 amide bonds. The van der Waals surface area contributed by atoms with Crippen molar-refractivity contribution in [2.24, 2.45) is 0 Å². The van der Waals surface area contributed by atoms with Gasteiger partial charge in [-0.05, 0) is 39.0 Å². The van der Waals surface area contributed by atoms with Gasteiger partial charge in [0.25, 0.3) is 0 Å². The lowest BCUT2D eigenvalue weighted by atomic mass is 10.0. The molecule has 1 saturated heterocycles. The van der Waals surface area contributed by atoms with Gasteiger partial charge < -0.3 is 19.7 Å². The molecule has 0 aliphatic carbocycles. The van der Waals surface area contributed by atoms with E-state index in [9.17, 15) is 0 Å². The zero-order valence-corrected chi connectivity index (χ0v) is 12.1. The number of ether oxygens (including phenoxy) is 2. The van der Waals surface area contributed by atoms with E-state index < -0.39 is 0 Å². The van der Waals surface area contributed by atoms with Crippen molar-refractivity contribution in [3.05, 3.63) is 23.8 Å². The summed E-state index contributed by atoms with van der Waals surface area (Å²) < 4.78 is 10.7. The van der Waals surface area contributed by atoms with Crippen LogP contribution in [-0.4, -0.2) is 45.8 Å². The van der Waals surface area contributed by atoms with E-state index in [2.05, 4.69) is 16.3 Å². The van der Waals surface area contributed by atoms with Crippen molar-refractivity contribution >= 4 is 0 Å². The molecule has 1 atom stereocenters. The number of methoxy groups -OCH3 is 2. The summed E-state index contributed by atoms with van der Waals surface area (Å²) >= 11 is 0. The summed E-state index contributed by atoms with van der Waals surface area (Å²) in [5, 5.41) is 3.39. The number of nitrogens with zero attached hydrogens (tertiary/aromatic N) is 1. The summed E-state index contributed by atoms with van der Waals surface area (Å²) in [6.45, 7) is 3.44. The van der Waals surface area contributed by atoms with Crippen molar-refractivity contribution in [2.45, 2.75) is 18.9 Å². The van der Waals surface area contributed by atoms with Crippen molar-refractivity contribution in [1.82, 2.24) is 10.2 Å². The molecule has 1 aliphatic rings. The zero-order valence-electron chi connectivity index (χ0n) is 12.1. The summed E-state index contributed by atoms with van der Waals surface area (Å²) in [5.74, 6) is 1.72. The van der Waals surface area contributed by atoms with Crippen LogP contribution in [0.15, 0.2) is 18.2 Å². The molecular formula is C15H24N2O2. The second-order valence-corrected chi connectivity index (χ2v) is 4.96. The second-order valence-electron chi connectivity index (χ2n) is 4.96. The maximum Gasteiger partial charge on any atom is 0.127 e. The lowest BCUT2D eigenvalue weighted by molar-refractivity contribution is 0.294. The summed E-state index contributed by atoms with van der Waals surface area (Å²) in [6, 6.07) is 6.32.